The minimum Gasteiger partial charge on any atom is -0.481 e. The molecule has 4 nitrogen and oxygen atoms in total. The van der Waals surface area contributed by atoms with Crippen molar-refractivity contribution in [1.82, 2.24) is 0 Å². The first-order chi connectivity index (χ1) is 4.63. The van der Waals surface area contributed by atoms with Gasteiger partial charge in [-0.1, -0.05) is 0 Å². The third kappa shape index (κ3) is 0.964. The minimum atomic E-state index is -0.987. The number of hydrogen-bond donors (Lipinski definition) is 2. The smallest absolute Gasteiger partial charge is 0.307 e. The number of aliphatic carboxylic acids is 2. The van der Waals surface area contributed by atoms with Crippen LogP contribution < -0.4 is 0 Å². The first-order valence-corrected chi connectivity index (χ1v) is 3.08. The summed E-state index contributed by atoms with van der Waals surface area (Å²) < 4.78 is 0. The summed E-state index contributed by atoms with van der Waals surface area (Å²) >= 11 is 0. The average molecular weight is 144 g/mol. The molecule has 0 heterocycles. The van der Waals surface area contributed by atoms with E-state index in [-0.39, 0.29) is 0 Å². The van der Waals surface area contributed by atoms with E-state index in [0.29, 0.717) is 12.8 Å². The summed E-state index contributed by atoms with van der Waals surface area (Å²) in [5, 5.41) is 16.8. The molecule has 0 amide bonds. The lowest BCUT2D eigenvalue weighted by Gasteiger charge is -2.29. The van der Waals surface area contributed by atoms with Crippen LogP contribution in [0.3, 0.4) is 0 Å². The standard InChI is InChI=1S/C6H8O4/c7-5(8)3-1-2-4(3)6(9)10/h3-4H,1-2H2,(H,7,8)(H,9,10). The van der Waals surface area contributed by atoms with Gasteiger partial charge >= 0.3 is 11.9 Å². The van der Waals surface area contributed by atoms with Crippen molar-refractivity contribution in [3.63, 3.8) is 0 Å². The van der Waals surface area contributed by atoms with Crippen molar-refractivity contribution in [2.45, 2.75) is 12.8 Å². The van der Waals surface area contributed by atoms with Crippen molar-refractivity contribution in [2.24, 2.45) is 11.8 Å². The molecule has 1 aliphatic carbocycles. The number of carboxylic acids is 2. The zero-order valence-corrected chi connectivity index (χ0v) is 5.28. The molecule has 1 fully saturated rings. The van der Waals surface area contributed by atoms with E-state index in [1.807, 2.05) is 0 Å². The van der Waals surface area contributed by atoms with Gasteiger partial charge in [-0.05, 0) is 12.8 Å². The lowest BCUT2D eigenvalue weighted by atomic mass is 9.74. The fourth-order valence-corrected chi connectivity index (χ4v) is 1.09. The molecular weight excluding hydrogens is 136 g/mol. The monoisotopic (exact) mass is 144 g/mol. The number of hydrogen-bond acceptors (Lipinski definition) is 2. The number of rotatable bonds is 2. The summed E-state index contributed by atoms with van der Waals surface area (Å²) in [4.78, 5) is 20.5. The van der Waals surface area contributed by atoms with Crippen molar-refractivity contribution in [3.05, 3.63) is 0 Å². The largest absolute Gasteiger partial charge is 0.481 e. The highest BCUT2D eigenvalue weighted by Crippen LogP contribution is 2.34. The second kappa shape index (κ2) is 2.28. The summed E-state index contributed by atoms with van der Waals surface area (Å²) in [6, 6.07) is 0. The molecule has 10 heavy (non-hydrogen) atoms. The molecule has 2 atom stereocenters. The maximum Gasteiger partial charge on any atom is 0.307 e. The lowest BCUT2D eigenvalue weighted by Crippen LogP contribution is -2.37. The minimum absolute atomic E-state index is 0.506. The molecule has 0 aromatic carbocycles. The Morgan fingerprint density at radius 3 is 1.40 bits per heavy atom. The van der Waals surface area contributed by atoms with Gasteiger partial charge in [0.15, 0.2) is 0 Å². The third-order valence-electron chi connectivity index (χ3n) is 1.91. The maximum atomic E-state index is 10.2. The van der Waals surface area contributed by atoms with E-state index in [2.05, 4.69) is 0 Å². The van der Waals surface area contributed by atoms with Crippen LogP contribution in [0.2, 0.25) is 0 Å². The Balaban J connectivity index is 2.51. The second-order valence-electron chi connectivity index (χ2n) is 2.47. The zero-order valence-electron chi connectivity index (χ0n) is 5.28. The van der Waals surface area contributed by atoms with Crippen LogP contribution in [0.5, 0.6) is 0 Å². The van der Waals surface area contributed by atoms with Crippen LogP contribution in [0.15, 0.2) is 0 Å². The van der Waals surface area contributed by atoms with Crippen molar-refractivity contribution in [1.29, 1.82) is 0 Å². The molecule has 0 aromatic rings. The van der Waals surface area contributed by atoms with Gasteiger partial charge in [-0.3, -0.25) is 9.59 Å². The molecule has 1 rings (SSSR count). The van der Waals surface area contributed by atoms with Crippen LogP contribution in [-0.4, -0.2) is 22.2 Å². The van der Waals surface area contributed by atoms with Gasteiger partial charge < -0.3 is 10.2 Å². The molecule has 0 radical (unpaired) electrons. The Bertz CT molecular complexity index is 155. The Labute approximate surface area is 57.5 Å². The van der Waals surface area contributed by atoms with E-state index in [0.717, 1.165) is 0 Å². The quantitative estimate of drug-likeness (QED) is 0.579. The van der Waals surface area contributed by atoms with E-state index < -0.39 is 23.8 Å². The van der Waals surface area contributed by atoms with Gasteiger partial charge in [-0.15, -0.1) is 0 Å². The normalized spacial score (nSPS) is 30.8. The second-order valence-corrected chi connectivity index (χ2v) is 2.47. The Hall–Kier alpha value is -1.06. The molecule has 0 saturated heterocycles. The van der Waals surface area contributed by atoms with Gasteiger partial charge in [0.25, 0.3) is 0 Å². The van der Waals surface area contributed by atoms with Gasteiger partial charge in [0, 0.05) is 0 Å². The zero-order chi connectivity index (χ0) is 7.72. The summed E-state index contributed by atoms with van der Waals surface area (Å²) in [6.45, 7) is 0. The molecule has 2 unspecified atom stereocenters. The highest BCUT2D eigenvalue weighted by molar-refractivity contribution is 5.81. The van der Waals surface area contributed by atoms with E-state index in [4.69, 9.17) is 10.2 Å². The molecule has 56 valence electrons. The third-order valence-corrected chi connectivity index (χ3v) is 1.91. The molecule has 4 heteroatoms. The predicted molar refractivity (Wildman–Crippen MR) is 31.5 cm³/mol. The molecule has 0 spiro atoms. The highest BCUT2D eigenvalue weighted by Gasteiger charge is 2.41. The Kier molecular flexibility index (Phi) is 1.61. The SMILES string of the molecule is O=C(O)C1CCC1C(=O)O. The molecule has 0 aliphatic heterocycles. The maximum absolute atomic E-state index is 10.2. The first-order valence-electron chi connectivity index (χ1n) is 3.08. The summed E-state index contributed by atoms with van der Waals surface area (Å²) in [5.41, 5.74) is 0. The molecule has 2 N–H and O–H groups in total. The van der Waals surface area contributed by atoms with Crippen molar-refractivity contribution < 1.29 is 19.8 Å². The fraction of sp³-hybridized carbons (Fsp3) is 0.667. The van der Waals surface area contributed by atoms with Gasteiger partial charge in [0.05, 0.1) is 11.8 Å². The van der Waals surface area contributed by atoms with Gasteiger partial charge in [-0.2, -0.15) is 0 Å². The van der Waals surface area contributed by atoms with Gasteiger partial charge in [-0.25, -0.2) is 0 Å². The number of carboxylic acid groups (broad SMARTS) is 2. The van der Waals surface area contributed by atoms with Crippen LogP contribution in [0.1, 0.15) is 12.8 Å². The van der Waals surface area contributed by atoms with E-state index in [1.54, 1.807) is 0 Å². The van der Waals surface area contributed by atoms with E-state index in [9.17, 15) is 9.59 Å². The Morgan fingerprint density at radius 2 is 1.30 bits per heavy atom. The number of carbonyl (C=O) groups is 2. The van der Waals surface area contributed by atoms with E-state index in [1.165, 1.54) is 0 Å². The van der Waals surface area contributed by atoms with Crippen LogP contribution in [0.25, 0.3) is 0 Å². The molecule has 0 bridgehead atoms. The van der Waals surface area contributed by atoms with Gasteiger partial charge in [0.2, 0.25) is 0 Å². The van der Waals surface area contributed by atoms with E-state index >= 15 is 0 Å². The van der Waals surface area contributed by atoms with Crippen molar-refractivity contribution in [2.75, 3.05) is 0 Å². The van der Waals surface area contributed by atoms with Crippen LogP contribution in [0.4, 0.5) is 0 Å². The fourth-order valence-electron chi connectivity index (χ4n) is 1.09. The highest BCUT2D eigenvalue weighted by atomic mass is 16.4. The molecular formula is C6H8O4. The first kappa shape index (κ1) is 7.05. The predicted octanol–water partition coefficient (Wildman–Crippen LogP) is 0.182. The average Bonchev–Trinajstić information content (AvgIpc) is 1.56. The van der Waals surface area contributed by atoms with Crippen molar-refractivity contribution >= 4 is 11.9 Å². The molecule has 1 saturated carbocycles. The summed E-state index contributed by atoms with van der Waals surface area (Å²) in [6.07, 6.45) is 1.01. The van der Waals surface area contributed by atoms with Crippen LogP contribution >= 0.6 is 0 Å². The van der Waals surface area contributed by atoms with Crippen molar-refractivity contribution in [3.8, 4) is 0 Å². The lowest BCUT2D eigenvalue weighted by molar-refractivity contribution is -0.160. The van der Waals surface area contributed by atoms with Crippen LogP contribution in [-0.2, 0) is 9.59 Å². The molecule has 1 aliphatic rings. The van der Waals surface area contributed by atoms with Gasteiger partial charge in [0.1, 0.15) is 0 Å². The topological polar surface area (TPSA) is 74.6 Å². The summed E-state index contributed by atoms with van der Waals surface area (Å²) in [7, 11) is 0. The summed E-state index contributed by atoms with van der Waals surface area (Å²) in [5.74, 6) is -3.26. The molecule has 0 aromatic heterocycles. The van der Waals surface area contributed by atoms with Crippen LogP contribution in [0, 0.1) is 11.8 Å². The Morgan fingerprint density at radius 1 is 1.00 bits per heavy atom.